The molecule has 0 atom stereocenters. The average Bonchev–Trinajstić information content (AvgIpc) is 3.43. The quantitative estimate of drug-likeness (QED) is 0.186. The van der Waals surface area contributed by atoms with E-state index < -0.39 is 0 Å². The molecule has 0 aliphatic rings. The first-order valence-corrected chi connectivity index (χ1v) is 11.0. The van der Waals surface area contributed by atoms with Crippen molar-refractivity contribution in [1.82, 2.24) is 0 Å². The fourth-order valence-electron chi connectivity index (χ4n) is 2.88. The van der Waals surface area contributed by atoms with E-state index in [1.54, 1.807) is 0 Å². The number of fused-ring (bicyclic) bond motifs is 2. The van der Waals surface area contributed by atoms with Gasteiger partial charge in [-0.2, -0.15) is 35.0 Å². The Morgan fingerprint density at radius 1 is 0.621 bits per heavy atom. The summed E-state index contributed by atoms with van der Waals surface area (Å²) < 4.78 is 0. The molecule has 0 aliphatic carbocycles. The van der Waals surface area contributed by atoms with E-state index in [1.165, 1.54) is 27.1 Å². The first kappa shape index (κ1) is 23.0. The molecular weight excluding hydrogens is 444 g/mol. The molecule has 2 radical (unpaired) electrons. The van der Waals surface area contributed by atoms with E-state index in [-0.39, 0.29) is 26.2 Å². The summed E-state index contributed by atoms with van der Waals surface area (Å²) in [5.41, 5.74) is 3.48. The Bertz CT molecular complexity index is 977. The molecule has 0 unspecified atom stereocenters. The topological polar surface area (TPSA) is 0 Å². The fourth-order valence-corrected chi connectivity index (χ4v) is 3.24. The van der Waals surface area contributed by atoms with Crippen molar-refractivity contribution in [3.63, 3.8) is 0 Å². The summed E-state index contributed by atoms with van der Waals surface area (Å²) in [5.74, 6) is 0. The van der Waals surface area contributed by atoms with Crippen molar-refractivity contribution in [2.24, 2.45) is 0 Å². The normalized spacial score (nSPS) is 9.97. The third-order valence-corrected chi connectivity index (χ3v) is 4.84. The largest absolute Gasteiger partial charge is 2.00 e. The first-order valence-electron chi connectivity index (χ1n) is 9.46. The second-order valence-corrected chi connectivity index (χ2v) is 7.25. The summed E-state index contributed by atoms with van der Waals surface area (Å²) in [6, 6.07) is 39.7. The minimum Gasteiger partial charge on any atom is -0.168 e. The van der Waals surface area contributed by atoms with E-state index in [9.17, 15) is 0 Å². The monoisotopic (exact) mass is 466 g/mol. The van der Waals surface area contributed by atoms with Crippen molar-refractivity contribution in [3.05, 3.63) is 127 Å². The fraction of sp³-hybridized carbons (Fsp3) is 0.0370. The van der Waals surface area contributed by atoms with Gasteiger partial charge in [0.1, 0.15) is 0 Å². The van der Waals surface area contributed by atoms with E-state index in [1.807, 2.05) is 6.07 Å². The molecule has 0 saturated heterocycles. The predicted molar refractivity (Wildman–Crippen MR) is 126 cm³/mol. The third kappa shape index (κ3) is 7.57. The standard InChI is InChI=1S/C9H10Si.2C9H7.Zr/c1-10-8-7-9-5-3-2-4-6-9;2*1-2-5-9-7-3-6-8(9)4-1;/h2-8H,1H3;2*1-7H;/q;2*-1;+2. The summed E-state index contributed by atoms with van der Waals surface area (Å²) in [5, 5.41) is 5.32. The molecule has 0 heterocycles. The van der Waals surface area contributed by atoms with Crippen LogP contribution in [0.3, 0.4) is 0 Å². The van der Waals surface area contributed by atoms with Crippen molar-refractivity contribution in [3.8, 4) is 0 Å². The van der Waals surface area contributed by atoms with E-state index in [2.05, 4.69) is 128 Å². The summed E-state index contributed by atoms with van der Waals surface area (Å²) in [4.78, 5) is 0. The van der Waals surface area contributed by atoms with Gasteiger partial charge in [0, 0.05) is 0 Å². The first-order chi connectivity index (χ1) is 13.9. The van der Waals surface area contributed by atoms with Crippen LogP contribution in [0.1, 0.15) is 5.56 Å². The van der Waals surface area contributed by atoms with Crippen LogP contribution >= 0.6 is 0 Å². The molecule has 0 spiro atoms. The van der Waals surface area contributed by atoms with E-state index >= 15 is 0 Å². The van der Waals surface area contributed by atoms with Gasteiger partial charge in [-0.05, 0) is 5.56 Å². The third-order valence-electron chi connectivity index (χ3n) is 4.34. The van der Waals surface area contributed by atoms with Crippen molar-refractivity contribution in [1.29, 1.82) is 0 Å². The molecule has 0 N–H and O–H groups in total. The zero-order chi connectivity index (χ0) is 19.4. The summed E-state index contributed by atoms with van der Waals surface area (Å²) in [6.45, 7) is 2.17. The molecule has 0 amide bonds. The predicted octanol–water partition coefficient (Wildman–Crippen LogP) is 7.52. The van der Waals surface area contributed by atoms with E-state index in [0.29, 0.717) is 0 Å². The van der Waals surface area contributed by atoms with Gasteiger partial charge in [-0.1, -0.05) is 60.8 Å². The van der Waals surface area contributed by atoms with Crippen molar-refractivity contribution in [2.45, 2.75) is 6.55 Å². The smallest absolute Gasteiger partial charge is 0.168 e. The summed E-state index contributed by atoms with van der Waals surface area (Å²) >= 11 is 0. The zero-order valence-electron chi connectivity index (χ0n) is 16.6. The van der Waals surface area contributed by atoms with Gasteiger partial charge < -0.3 is 0 Å². The Morgan fingerprint density at radius 2 is 1.10 bits per heavy atom. The summed E-state index contributed by atoms with van der Waals surface area (Å²) in [7, 11) is 0.903. The van der Waals surface area contributed by atoms with Crippen LogP contribution < -0.4 is 0 Å². The molecule has 0 nitrogen and oxygen atoms in total. The number of hydrogen-bond acceptors (Lipinski definition) is 0. The molecule has 5 rings (SSSR count). The van der Waals surface area contributed by atoms with Gasteiger partial charge in [-0.15, -0.1) is 59.3 Å². The second kappa shape index (κ2) is 13.0. The van der Waals surface area contributed by atoms with Crippen LogP contribution in [0.15, 0.2) is 121 Å². The SMILES string of the molecule is C[Si]C=Cc1ccccc1.[Zr+2].c1ccc2[cH-]ccc2c1.c1ccc2[cH-]ccc2c1. The van der Waals surface area contributed by atoms with Crippen LogP contribution in [0.2, 0.25) is 6.55 Å². The van der Waals surface area contributed by atoms with Crippen LogP contribution in [-0.4, -0.2) is 9.52 Å². The maximum absolute atomic E-state index is 2.19. The van der Waals surface area contributed by atoms with Gasteiger partial charge in [-0.3, -0.25) is 0 Å². The van der Waals surface area contributed by atoms with E-state index in [4.69, 9.17) is 0 Å². The Balaban J connectivity index is 0.000000153. The molecule has 0 aromatic heterocycles. The van der Waals surface area contributed by atoms with Crippen LogP contribution in [0.4, 0.5) is 0 Å². The Kier molecular flexibility index (Phi) is 10.3. The molecule has 29 heavy (non-hydrogen) atoms. The number of rotatable bonds is 2. The Labute approximate surface area is 195 Å². The molecular formula is C27H24SiZr. The van der Waals surface area contributed by atoms with Gasteiger partial charge in [0.2, 0.25) is 0 Å². The van der Waals surface area contributed by atoms with E-state index in [0.717, 1.165) is 9.52 Å². The van der Waals surface area contributed by atoms with Gasteiger partial charge in [0.15, 0.2) is 0 Å². The van der Waals surface area contributed by atoms with Crippen molar-refractivity contribution in [2.75, 3.05) is 0 Å². The zero-order valence-corrected chi connectivity index (χ0v) is 20.1. The molecule has 140 valence electrons. The summed E-state index contributed by atoms with van der Waals surface area (Å²) in [6.07, 6.45) is 2.15. The Hall–Kier alpha value is -2.28. The molecule has 5 aromatic rings. The van der Waals surface area contributed by atoms with Crippen LogP contribution in [0.25, 0.3) is 27.6 Å². The minimum atomic E-state index is 0. The van der Waals surface area contributed by atoms with Crippen molar-refractivity contribution >= 4 is 37.1 Å². The molecule has 0 bridgehead atoms. The van der Waals surface area contributed by atoms with Gasteiger partial charge in [0.25, 0.3) is 0 Å². The minimum absolute atomic E-state index is 0. The van der Waals surface area contributed by atoms with Gasteiger partial charge >= 0.3 is 26.2 Å². The molecule has 0 saturated carbocycles. The maximum atomic E-state index is 2.19. The van der Waals surface area contributed by atoms with Crippen LogP contribution in [-0.2, 0) is 26.2 Å². The second-order valence-electron chi connectivity index (χ2n) is 6.34. The Morgan fingerprint density at radius 3 is 1.59 bits per heavy atom. The van der Waals surface area contributed by atoms with Gasteiger partial charge in [0.05, 0.1) is 9.52 Å². The number of hydrogen-bond donors (Lipinski definition) is 0. The number of benzene rings is 3. The van der Waals surface area contributed by atoms with Gasteiger partial charge in [-0.25, -0.2) is 0 Å². The maximum Gasteiger partial charge on any atom is 2.00 e. The average molecular weight is 468 g/mol. The molecule has 0 fully saturated rings. The molecule has 5 aromatic carbocycles. The van der Waals surface area contributed by atoms with Crippen molar-refractivity contribution < 1.29 is 26.2 Å². The van der Waals surface area contributed by atoms with Crippen LogP contribution in [0, 0.1) is 0 Å². The van der Waals surface area contributed by atoms with Crippen LogP contribution in [0.5, 0.6) is 0 Å². The molecule has 0 aliphatic heterocycles. The molecule has 2 heteroatoms.